The van der Waals surface area contributed by atoms with Gasteiger partial charge in [0, 0.05) is 0 Å². The molecule has 0 aliphatic carbocycles. The number of allylic oxidation sites excluding steroid dienone is 4. The van der Waals surface area contributed by atoms with Crippen LogP contribution in [0.1, 0.15) is 27.2 Å². The zero-order chi connectivity index (χ0) is 6.41. The fourth-order valence-corrected chi connectivity index (χ4v) is 0.397. The zero-order valence-electron chi connectivity index (χ0n) is 5.94. The van der Waals surface area contributed by atoms with Crippen LogP contribution >= 0.6 is 0 Å². The molecule has 0 unspecified atom stereocenters. The van der Waals surface area contributed by atoms with Gasteiger partial charge in [0.25, 0.3) is 0 Å². The second-order valence-corrected chi connectivity index (χ2v) is 2.08. The van der Waals surface area contributed by atoms with E-state index < -0.39 is 0 Å². The average molecular weight is 110 g/mol. The van der Waals surface area contributed by atoms with E-state index in [-0.39, 0.29) is 0 Å². The lowest BCUT2D eigenvalue weighted by molar-refractivity contribution is 1.22. The highest BCUT2D eigenvalue weighted by Crippen LogP contribution is 1.89. The molecule has 0 atom stereocenters. The highest BCUT2D eigenvalue weighted by Gasteiger charge is 1.67. The molecule has 0 saturated carbocycles. The van der Waals surface area contributed by atoms with Crippen LogP contribution in [-0.4, -0.2) is 0 Å². The van der Waals surface area contributed by atoms with E-state index in [1.807, 2.05) is 0 Å². The van der Waals surface area contributed by atoms with Crippen LogP contribution in [0.5, 0.6) is 0 Å². The van der Waals surface area contributed by atoms with Crippen molar-refractivity contribution >= 4 is 0 Å². The van der Waals surface area contributed by atoms with Gasteiger partial charge in [0.2, 0.25) is 0 Å². The molecule has 0 saturated heterocycles. The molecular weight excluding hydrogens is 96.1 g/mol. The Labute approximate surface area is 51.9 Å². The first-order chi connectivity index (χ1) is 3.77. The summed E-state index contributed by atoms with van der Waals surface area (Å²) in [6, 6.07) is 0. The van der Waals surface area contributed by atoms with Gasteiger partial charge in [-0.3, -0.25) is 0 Å². The number of hydrogen-bond acceptors (Lipinski definition) is 0. The second-order valence-electron chi connectivity index (χ2n) is 2.08. The first-order valence-corrected chi connectivity index (χ1v) is 3.07. The van der Waals surface area contributed by atoms with Gasteiger partial charge in [-0.15, -0.1) is 0 Å². The maximum Gasteiger partial charge on any atom is -0.0376 e. The van der Waals surface area contributed by atoms with Crippen LogP contribution < -0.4 is 0 Å². The van der Waals surface area contributed by atoms with Crippen LogP contribution in [0, 0.1) is 0 Å². The van der Waals surface area contributed by atoms with Gasteiger partial charge in [0.1, 0.15) is 0 Å². The Hall–Kier alpha value is -0.520. The van der Waals surface area contributed by atoms with E-state index in [1.54, 1.807) is 0 Å². The van der Waals surface area contributed by atoms with Gasteiger partial charge in [-0.1, -0.05) is 30.7 Å². The maximum atomic E-state index is 2.15. The molecule has 0 aromatic heterocycles. The van der Waals surface area contributed by atoms with Crippen molar-refractivity contribution in [1.29, 1.82) is 0 Å². The first kappa shape index (κ1) is 7.48. The Kier molecular flexibility index (Phi) is 4.33. The molecule has 0 aliphatic rings. The van der Waals surface area contributed by atoms with Crippen molar-refractivity contribution in [3.05, 3.63) is 23.8 Å². The Morgan fingerprint density at radius 1 is 1.38 bits per heavy atom. The normalized spacial score (nSPS) is 9.88. The summed E-state index contributed by atoms with van der Waals surface area (Å²) < 4.78 is 0. The smallest absolute Gasteiger partial charge is 0.0376 e. The zero-order valence-corrected chi connectivity index (χ0v) is 5.94. The van der Waals surface area contributed by atoms with E-state index in [0.717, 1.165) is 6.42 Å². The van der Waals surface area contributed by atoms with Gasteiger partial charge in [0.05, 0.1) is 0 Å². The van der Waals surface area contributed by atoms with Gasteiger partial charge < -0.3 is 0 Å². The minimum Gasteiger partial charge on any atom is -0.0848 e. The van der Waals surface area contributed by atoms with Crippen LogP contribution in [0.4, 0.5) is 0 Å². The van der Waals surface area contributed by atoms with E-state index in [9.17, 15) is 0 Å². The second kappa shape index (κ2) is 4.63. The lowest BCUT2D eigenvalue weighted by Crippen LogP contribution is -1.58. The third-order valence-corrected chi connectivity index (χ3v) is 0.801. The summed E-state index contributed by atoms with van der Waals surface area (Å²) in [6.45, 7) is 6.33. The van der Waals surface area contributed by atoms with Crippen molar-refractivity contribution in [3.8, 4) is 0 Å². The molecule has 0 heteroatoms. The van der Waals surface area contributed by atoms with Crippen LogP contribution in [0.2, 0.25) is 0 Å². The quantitative estimate of drug-likeness (QED) is 0.479. The highest BCUT2D eigenvalue weighted by atomic mass is 13.7. The van der Waals surface area contributed by atoms with Crippen molar-refractivity contribution in [2.24, 2.45) is 0 Å². The third-order valence-electron chi connectivity index (χ3n) is 0.801. The molecule has 0 N–H and O–H groups in total. The minimum absolute atomic E-state index is 1.13. The third kappa shape index (κ3) is 5.48. The molecule has 0 heterocycles. The Morgan fingerprint density at radius 2 is 2.00 bits per heavy atom. The van der Waals surface area contributed by atoms with Crippen molar-refractivity contribution in [1.82, 2.24) is 0 Å². The van der Waals surface area contributed by atoms with Gasteiger partial charge in [0.15, 0.2) is 0 Å². The molecule has 0 aromatic rings. The molecule has 46 valence electrons. The van der Waals surface area contributed by atoms with Crippen LogP contribution in [0.15, 0.2) is 23.8 Å². The monoisotopic (exact) mass is 110 g/mol. The Balaban J connectivity index is 3.42. The van der Waals surface area contributed by atoms with Crippen LogP contribution in [0.25, 0.3) is 0 Å². The van der Waals surface area contributed by atoms with Gasteiger partial charge >= 0.3 is 0 Å². The summed E-state index contributed by atoms with van der Waals surface area (Å²) in [6.07, 6.45) is 7.48. The molecule has 0 radical (unpaired) electrons. The summed E-state index contributed by atoms with van der Waals surface area (Å²) in [5.74, 6) is 0. The Bertz CT molecular complexity index is 92.6. The fourth-order valence-electron chi connectivity index (χ4n) is 0.397. The standard InChI is InChI=1S/C8H14/c1-4-5-6-7-8(2)3/h5-7H,4H2,1-3H3. The molecule has 8 heavy (non-hydrogen) atoms. The average Bonchev–Trinajstić information content (AvgIpc) is 1.66. The lowest BCUT2D eigenvalue weighted by atomic mass is 10.3. The number of hydrogen-bond donors (Lipinski definition) is 0. The topological polar surface area (TPSA) is 0 Å². The van der Waals surface area contributed by atoms with E-state index >= 15 is 0 Å². The summed E-state index contributed by atoms with van der Waals surface area (Å²) in [7, 11) is 0. The SMILES string of the molecule is CCC=CC=C(C)C. The van der Waals surface area contributed by atoms with E-state index in [4.69, 9.17) is 0 Å². The molecule has 0 aliphatic heterocycles. The predicted molar refractivity (Wildman–Crippen MR) is 38.9 cm³/mol. The van der Waals surface area contributed by atoms with E-state index in [1.165, 1.54) is 5.57 Å². The molecule has 0 bridgehead atoms. The van der Waals surface area contributed by atoms with E-state index in [2.05, 4.69) is 39.0 Å². The molecular formula is C8H14. The maximum absolute atomic E-state index is 2.15. The largest absolute Gasteiger partial charge is 0.0848 e. The Morgan fingerprint density at radius 3 is 2.38 bits per heavy atom. The summed E-state index contributed by atoms with van der Waals surface area (Å²) in [5, 5.41) is 0. The number of rotatable bonds is 2. The van der Waals surface area contributed by atoms with Crippen LogP contribution in [0.3, 0.4) is 0 Å². The van der Waals surface area contributed by atoms with Crippen molar-refractivity contribution in [2.75, 3.05) is 0 Å². The molecule has 0 rings (SSSR count). The van der Waals surface area contributed by atoms with Gasteiger partial charge in [-0.25, -0.2) is 0 Å². The van der Waals surface area contributed by atoms with Crippen LogP contribution in [-0.2, 0) is 0 Å². The van der Waals surface area contributed by atoms with Crippen molar-refractivity contribution in [3.63, 3.8) is 0 Å². The minimum atomic E-state index is 1.13. The van der Waals surface area contributed by atoms with Gasteiger partial charge in [-0.05, 0) is 20.3 Å². The lowest BCUT2D eigenvalue weighted by Gasteiger charge is -1.80. The molecule has 0 fully saturated rings. The molecule has 0 amide bonds. The highest BCUT2D eigenvalue weighted by molar-refractivity contribution is 5.07. The predicted octanol–water partition coefficient (Wildman–Crippen LogP) is 2.92. The summed E-state index contributed by atoms with van der Waals surface area (Å²) in [5.41, 5.74) is 1.36. The molecule has 0 aromatic carbocycles. The molecule has 0 spiro atoms. The first-order valence-electron chi connectivity index (χ1n) is 3.07. The molecule has 0 nitrogen and oxygen atoms in total. The fraction of sp³-hybridized carbons (Fsp3) is 0.500. The summed E-state index contributed by atoms with van der Waals surface area (Å²) in [4.78, 5) is 0. The van der Waals surface area contributed by atoms with E-state index in [0.29, 0.717) is 0 Å². The van der Waals surface area contributed by atoms with Crippen molar-refractivity contribution in [2.45, 2.75) is 27.2 Å². The van der Waals surface area contributed by atoms with Crippen molar-refractivity contribution < 1.29 is 0 Å². The van der Waals surface area contributed by atoms with Gasteiger partial charge in [-0.2, -0.15) is 0 Å². The summed E-state index contributed by atoms with van der Waals surface area (Å²) >= 11 is 0.